The van der Waals surface area contributed by atoms with Crippen molar-refractivity contribution >= 4 is 23.4 Å². The molecule has 0 radical (unpaired) electrons. The number of carbonyl (C=O) groups excluding carboxylic acids is 4. The number of ether oxygens (including phenoxy) is 1. The molecule has 1 fully saturated rings. The van der Waals surface area contributed by atoms with E-state index < -0.39 is 35.2 Å². The van der Waals surface area contributed by atoms with Gasteiger partial charge in [-0.3, -0.25) is 24.1 Å². The molecule has 0 bridgehead atoms. The molecule has 1 heterocycles. The van der Waals surface area contributed by atoms with Gasteiger partial charge in [-0.05, 0) is 24.3 Å². The Labute approximate surface area is 156 Å². The average molecular weight is 365 g/mol. The highest BCUT2D eigenvalue weighted by atomic mass is 16.5. The summed E-state index contributed by atoms with van der Waals surface area (Å²) in [5.41, 5.74) is 0.624. The van der Waals surface area contributed by atoms with Crippen LogP contribution in [0, 0.1) is 11.8 Å². The molecule has 1 unspecified atom stereocenters. The summed E-state index contributed by atoms with van der Waals surface area (Å²) in [6.07, 6.45) is -0.152. The molecule has 6 heteroatoms. The number of methoxy groups -OCH3 is 1. The Balaban J connectivity index is 2.01. The molecule has 2 atom stereocenters. The molecule has 2 amide bonds. The van der Waals surface area contributed by atoms with Gasteiger partial charge in [-0.25, -0.2) is 0 Å². The number of Topliss-reactive ketones (excluding diaryl/α,β-unsaturated/α-hetero) is 2. The molecule has 0 aromatic heterocycles. The second-order valence-electron chi connectivity index (χ2n) is 6.40. The number of imide groups is 1. The van der Waals surface area contributed by atoms with E-state index in [1.165, 1.54) is 14.2 Å². The average Bonchev–Trinajstić information content (AvgIpc) is 2.96. The Kier molecular flexibility index (Phi) is 5.16. The molecule has 6 nitrogen and oxygen atoms in total. The van der Waals surface area contributed by atoms with Crippen LogP contribution in [0.5, 0.6) is 5.75 Å². The van der Waals surface area contributed by atoms with E-state index >= 15 is 0 Å². The van der Waals surface area contributed by atoms with Crippen LogP contribution in [0.15, 0.2) is 54.6 Å². The second-order valence-corrected chi connectivity index (χ2v) is 6.40. The molecule has 3 rings (SSSR count). The second kappa shape index (κ2) is 7.53. The van der Waals surface area contributed by atoms with Crippen molar-refractivity contribution < 1.29 is 23.9 Å². The minimum Gasteiger partial charge on any atom is -0.497 e. The number of benzene rings is 2. The Bertz CT molecular complexity index is 889. The normalized spacial score (nSPS) is 17.7. The Morgan fingerprint density at radius 3 is 2.00 bits per heavy atom. The van der Waals surface area contributed by atoms with Crippen LogP contribution in [0.25, 0.3) is 0 Å². The zero-order valence-electron chi connectivity index (χ0n) is 15.0. The molecular formula is C21H19NO5. The van der Waals surface area contributed by atoms with Gasteiger partial charge in [0.1, 0.15) is 5.75 Å². The summed E-state index contributed by atoms with van der Waals surface area (Å²) in [5, 5.41) is 0. The van der Waals surface area contributed by atoms with Gasteiger partial charge in [0.2, 0.25) is 11.8 Å². The number of carbonyl (C=O) groups is 4. The molecule has 0 spiro atoms. The highest BCUT2D eigenvalue weighted by Gasteiger charge is 2.47. The van der Waals surface area contributed by atoms with Crippen LogP contribution in [0.3, 0.4) is 0 Å². The van der Waals surface area contributed by atoms with Crippen molar-refractivity contribution in [3.8, 4) is 5.75 Å². The van der Waals surface area contributed by atoms with E-state index in [1.807, 2.05) is 0 Å². The van der Waals surface area contributed by atoms with Gasteiger partial charge in [0.15, 0.2) is 11.6 Å². The Morgan fingerprint density at radius 1 is 0.963 bits per heavy atom. The van der Waals surface area contributed by atoms with Gasteiger partial charge >= 0.3 is 0 Å². The lowest BCUT2D eigenvalue weighted by Gasteiger charge is -2.20. The van der Waals surface area contributed by atoms with E-state index in [9.17, 15) is 19.2 Å². The van der Waals surface area contributed by atoms with Crippen molar-refractivity contribution in [2.45, 2.75) is 6.42 Å². The van der Waals surface area contributed by atoms with Crippen molar-refractivity contribution in [2.75, 3.05) is 14.2 Å². The zero-order chi connectivity index (χ0) is 19.6. The van der Waals surface area contributed by atoms with Gasteiger partial charge in [0.05, 0.1) is 18.9 Å². The highest BCUT2D eigenvalue weighted by molar-refractivity contribution is 6.20. The lowest BCUT2D eigenvalue weighted by atomic mass is 9.79. The quantitative estimate of drug-likeness (QED) is 0.446. The maximum Gasteiger partial charge on any atom is 0.233 e. The first-order valence-electron chi connectivity index (χ1n) is 8.52. The SMILES string of the molecule is COc1ccc(C(=O)C(C(=O)c2ccccc2)[C@H]2CC(=O)N(C)C2=O)cc1. The van der Waals surface area contributed by atoms with Gasteiger partial charge < -0.3 is 4.74 Å². The first kappa shape index (κ1) is 18.5. The number of nitrogens with zero attached hydrogens (tertiary/aromatic N) is 1. The number of hydrogen-bond donors (Lipinski definition) is 0. The van der Waals surface area contributed by atoms with Gasteiger partial charge in [-0.1, -0.05) is 30.3 Å². The van der Waals surface area contributed by atoms with Gasteiger partial charge in [-0.15, -0.1) is 0 Å². The summed E-state index contributed by atoms with van der Waals surface area (Å²) in [4.78, 5) is 51.7. The monoisotopic (exact) mass is 365 g/mol. The number of hydrogen-bond acceptors (Lipinski definition) is 5. The molecule has 0 aliphatic carbocycles. The maximum atomic E-state index is 13.2. The van der Waals surface area contributed by atoms with Crippen LogP contribution in [0.1, 0.15) is 27.1 Å². The molecule has 0 saturated carbocycles. The summed E-state index contributed by atoms with van der Waals surface area (Å²) in [7, 11) is 2.88. The minimum atomic E-state index is -1.25. The Morgan fingerprint density at radius 2 is 1.52 bits per heavy atom. The third-order valence-corrected chi connectivity index (χ3v) is 4.82. The van der Waals surface area contributed by atoms with Crippen LogP contribution >= 0.6 is 0 Å². The van der Waals surface area contributed by atoms with Gasteiger partial charge in [0, 0.05) is 24.6 Å². The smallest absolute Gasteiger partial charge is 0.233 e. The molecule has 27 heavy (non-hydrogen) atoms. The largest absolute Gasteiger partial charge is 0.497 e. The minimum absolute atomic E-state index is 0.152. The molecule has 2 aromatic carbocycles. The number of rotatable bonds is 6. The lowest BCUT2D eigenvalue weighted by Crippen LogP contribution is -2.36. The predicted octanol–water partition coefficient (Wildman–Crippen LogP) is 2.38. The highest BCUT2D eigenvalue weighted by Crippen LogP contribution is 2.31. The fraction of sp³-hybridized carbons (Fsp3) is 0.238. The summed E-state index contributed by atoms with van der Waals surface area (Å²) in [6.45, 7) is 0. The van der Waals surface area contributed by atoms with Gasteiger partial charge in [-0.2, -0.15) is 0 Å². The van der Waals surface area contributed by atoms with E-state index in [4.69, 9.17) is 4.74 Å². The van der Waals surface area contributed by atoms with Crippen LogP contribution in [0.4, 0.5) is 0 Å². The maximum absolute atomic E-state index is 13.2. The van der Waals surface area contributed by atoms with E-state index in [1.54, 1.807) is 54.6 Å². The third kappa shape index (κ3) is 3.51. The van der Waals surface area contributed by atoms with Crippen LogP contribution in [-0.4, -0.2) is 42.4 Å². The number of ketones is 2. The number of likely N-dealkylation sites (tertiary alicyclic amines) is 1. The number of amides is 2. The first-order valence-corrected chi connectivity index (χ1v) is 8.52. The standard InChI is InChI=1S/C21H19NO5/c1-22-17(23)12-16(21(22)26)18(19(24)13-6-4-3-5-7-13)20(25)14-8-10-15(27-2)11-9-14/h3-11,16,18H,12H2,1-2H3/t16-,18?/m1/s1. The summed E-state index contributed by atoms with van der Waals surface area (Å²) < 4.78 is 5.09. The molecule has 0 N–H and O–H groups in total. The van der Waals surface area contributed by atoms with Crippen LogP contribution in [-0.2, 0) is 9.59 Å². The molecule has 1 saturated heterocycles. The van der Waals surface area contributed by atoms with Crippen LogP contribution < -0.4 is 4.74 Å². The van der Waals surface area contributed by atoms with E-state index in [0.717, 1.165) is 4.90 Å². The Hall–Kier alpha value is -3.28. The van der Waals surface area contributed by atoms with Crippen molar-refractivity contribution in [2.24, 2.45) is 11.8 Å². The fourth-order valence-corrected chi connectivity index (χ4v) is 3.25. The zero-order valence-corrected chi connectivity index (χ0v) is 15.0. The van der Waals surface area contributed by atoms with E-state index in [2.05, 4.69) is 0 Å². The van der Waals surface area contributed by atoms with Crippen molar-refractivity contribution in [1.82, 2.24) is 4.90 Å². The summed E-state index contributed by atoms with van der Waals surface area (Å²) >= 11 is 0. The van der Waals surface area contributed by atoms with Crippen molar-refractivity contribution in [3.05, 3.63) is 65.7 Å². The fourth-order valence-electron chi connectivity index (χ4n) is 3.25. The van der Waals surface area contributed by atoms with Crippen molar-refractivity contribution in [1.29, 1.82) is 0 Å². The molecule has 1 aliphatic rings. The first-order chi connectivity index (χ1) is 12.9. The third-order valence-electron chi connectivity index (χ3n) is 4.82. The van der Waals surface area contributed by atoms with E-state index in [-0.39, 0.29) is 6.42 Å². The summed E-state index contributed by atoms with van der Waals surface area (Å²) in [6, 6.07) is 14.7. The van der Waals surface area contributed by atoms with Crippen LogP contribution in [0.2, 0.25) is 0 Å². The molecule has 1 aliphatic heterocycles. The topological polar surface area (TPSA) is 80.8 Å². The van der Waals surface area contributed by atoms with Gasteiger partial charge in [0.25, 0.3) is 0 Å². The predicted molar refractivity (Wildman–Crippen MR) is 97.5 cm³/mol. The van der Waals surface area contributed by atoms with E-state index in [0.29, 0.717) is 16.9 Å². The molecular weight excluding hydrogens is 346 g/mol. The molecule has 138 valence electrons. The van der Waals surface area contributed by atoms with Crippen molar-refractivity contribution in [3.63, 3.8) is 0 Å². The summed E-state index contributed by atoms with van der Waals surface area (Å²) in [5.74, 6) is -3.50. The lowest BCUT2D eigenvalue weighted by molar-refractivity contribution is -0.137. The molecule has 2 aromatic rings.